The highest BCUT2D eigenvalue weighted by Gasteiger charge is 2.21. The van der Waals surface area contributed by atoms with Gasteiger partial charge in [0.05, 0.1) is 17.2 Å². The third-order valence-electron chi connectivity index (χ3n) is 3.59. The van der Waals surface area contributed by atoms with Crippen LogP contribution in [-0.2, 0) is 4.74 Å². The second-order valence-electron chi connectivity index (χ2n) is 5.36. The van der Waals surface area contributed by atoms with E-state index >= 15 is 0 Å². The van der Waals surface area contributed by atoms with Crippen LogP contribution in [0.25, 0.3) is 10.6 Å². The Balaban J connectivity index is 1.92. The van der Waals surface area contributed by atoms with Crippen LogP contribution < -0.4 is 4.74 Å². The van der Waals surface area contributed by atoms with Gasteiger partial charge in [-0.15, -0.1) is 11.3 Å². The Bertz CT molecular complexity index is 725. The van der Waals surface area contributed by atoms with E-state index in [0.29, 0.717) is 24.0 Å². The molecule has 2 heterocycles. The molecule has 3 rings (SSSR count). The summed E-state index contributed by atoms with van der Waals surface area (Å²) < 4.78 is 25.5. The zero-order valence-corrected chi connectivity index (χ0v) is 13.4. The number of hydrogen-bond donors (Lipinski definition) is 1. The standard InChI is InChI=1S/C16H16FNO4S/c1-9-7-18-15(23-9)12-5-11(6-13(14(12)17)16(19)20)22-8-10-3-2-4-21-10/h5-7,10H,2-4,8H2,1H3,(H,19,20)/t10-/m1/s1. The van der Waals surface area contributed by atoms with Crippen LogP contribution in [0, 0.1) is 12.7 Å². The second kappa shape index (κ2) is 6.64. The van der Waals surface area contributed by atoms with E-state index in [1.807, 2.05) is 6.92 Å². The number of aromatic carboxylic acids is 1. The zero-order chi connectivity index (χ0) is 16.4. The van der Waals surface area contributed by atoms with Gasteiger partial charge in [-0.3, -0.25) is 0 Å². The monoisotopic (exact) mass is 337 g/mol. The molecule has 0 unspecified atom stereocenters. The molecule has 0 spiro atoms. The number of halogens is 1. The van der Waals surface area contributed by atoms with Crippen molar-refractivity contribution in [3.05, 3.63) is 34.6 Å². The van der Waals surface area contributed by atoms with Crippen molar-refractivity contribution >= 4 is 17.3 Å². The minimum Gasteiger partial charge on any atom is -0.491 e. The lowest BCUT2D eigenvalue weighted by Crippen LogP contribution is -2.16. The first-order valence-electron chi connectivity index (χ1n) is 7.28. The summed E-state index contributed by atoms with van der Waals surface area (Å²) in [7, 11) is 0. The Morgan fingerprint density at radius 1 is 1.57 bits per heavy atom. The third kappa shape index (κ3) is 3.51. The number of carboxylic acid groups (broad SMARTS) is 1. The Morgan fingerprint density at radius 3 is 3.00 bits per heavy atom. The zero-order valence-electron chi connectivity index (χ0n) is 12.5. The molecule has 1 N–H and O–H groups in total. The number of rotatable bonds is 5. The molecule has 23 heavy (non-hydrogen) atoms. The highest BCUT2D eigenvalue weighted by molar-refractivity contribution is 7.14. The van der Waals surface area contributed by atoms with Crippen LogP contribution in [0.5, 0.6) is 5.75 Å². The maximum absolute atomic E-state index is 14.4. The minimum atomic E-state index is -1.33. The summed E-state index contributed by atoms with van der Waals surface area (Å²) in [4.78, 5) is 16.3. The maximum atomic E-state index is 14.4. The first-order chi connectivity index (χ1) is 11.0. The van der Waals surface area contributed by atoms with Crippen LogP contribution in [0.15, 0.2) is 18.3 Å². The lowest BCUT2D eigenvalue weighted by molar-refractivity contribution is 0.0670. The number of benzene rings is 1. The largest absolute Gasteiger partial charge is 0.491 e. The van der Waals surface area contributed by atoms with Crippen molar-refractivity contribution in [2.24, 2.45) is 0 Å². The molecule has 0 saturated carbocycles. The van der Waals surface area contributed by atoms with Crippen molar-refractivity contribution in [2.45, 2.75) is 25.9 Å². The van der Waals surface area contributed by atoms with E-state index < -0.39 is 17.3 Å². The number of ether oxygens (including phenoxy) is 2. The number of thiazole rings is 1. The SMILES string of the molecule is Cc1cnc(-c2cc(OC[C@H]3CCCO3)cc(C(=O)O)c2F)s1. The van der Waals surface area contributed by atoms with Gasteiger partial charge >= 0.3 is 5.97 Å². The van der Waals surface area contributed by atoms with Gasteiger partial charge in [0.25, 0.3) is 0 Å². The van der Waals surface area contributed by atoms with Crippen LogP contribution in [0.2, 0.25) is 0 Å². The summed E-state index contributed by atoms with van der Waals surface area (Å²) >= 11 is 1.30. The molecule has 0 radical (unpaired) electrons. The summed E-state index contributed by atoms with van der Waals surface area (Å²) in [6.45, 7) is 2.89. The molecule has 0 bridgehead atoms. The smallest absolute Gasteiger partial charge is 0.338 e. The van der Waals surface area contributed by atoms with Crippen molar-refractivity contribution in [3.63, 3.8) is 0 Å². The van der Waals surface area contributed by atoms with Gasteiger partial charge in [0.1, 0.15) is 23.2 Å². The fraction of sp³-hybridized carbons (Fsp3) is 0.375. The van der Waals surface area contributed by atoms with Crippen molar-refractivity contribution < 1.29 is 23.8 Å². The van der Waals surface area contributed by atoms with E-state index in [4.69, 9.17) is 9.47 Å². The molecular formula is C16H16FNO4S. The van der Waals surface area contributed by atoms with Crippen molar-refractivity contribution in [1.82, 2.24) is 4.98 Å². The minimum absolute atomic E-state index is 0.00103. The van der Waals surface area contributed by atoms with E-state index in [1.165, 1.54) is 23.5 Å². The van der Waals surface area contributed by atoms with Gasteiger partial charge in [0, 0.05) is 17.7 Å². The lowest BCUT2D eigenvalue weighted by Gasteiger charge is -2.13. The van der Waals surface area contributed by atoms with E-state index in [2.05, 4.69) is 4.98 Å². The molecule has 122 valence electrons. The van der Waals surface area contributed by atoms with Crippen molar-refractivity contribution in [3.8, 4) is 16.3 Å². The number of hydrogen-bond acceptors (Lipinski definition) is 5. The highest BCUT2D eigenvalue weighted by Crippen LogP contribution is 2.33. The number of nitrogens with zero attached hydrogens (tertiary/aromatic N) is 1. The highest BCUT2D eigenvalue weighted by atomic mass is 32.1. The summed E-state index contributed by atoms with van der Waals surface area (Å²) in [5.74, 6) is -1.82. The topological polar surface area (TPSA) is 68.7 Å². The molecule has 1 aromatic heterocycles. The molecule has 1 aliphatic rings. The molecule has 2 aromatic rings. The molecule has 1 aliphatic heterocycles. The van der Waals surface area contributed by atoms with E-state index in [0.717, 1.165) is 17.7 Å². The number of carboxylic acids is 1. The fourth-order valence-corrected chi connectivity index (χ4v) is 3.21. The first-order valence-corrected chi connectivity index (χ1v) is 8.10. The lowest BCUT2D eigenvalue weighted by atomic mass is 10.1. The summed E-state index contributed by atoms with van der Waals surface area (Å²) in [5, 5.41) is 9.64. The van der Waals surface area contributed by atoms with E-state index in [1.54, 1.807) is 6.20 Å². The van der Waals surface area contributed by atoms with Gasteiger partial charge in [-0.25, -0.2) is 14.2 Å². The Labute approximate surface area is 136 Å². The molecule has 7 heteroatoms. The summed E-state index contributed by atoms with van der Waals surface area (Å²) in [6.07, 6.45) is 3.52. The molecule has 0 amide bonds. The maximum Gasteiger partial charge on any atom is 0.338 e. The average Bonchev–Trinajstić information content (AvgIpc) is 3.17. The normalized spacial score (nSPS) is 17.4. The molecule has 1 atom stereocenters. The van der Waals surface area contributed by atoms with Crippen LogP contribution in [-0.4, -0.2) is 35.4 Å². The molecule has 0 aliphatic carbocycles. The van der Waals surface area contributed by atoms with Crippen molar-refractivity contribution in [1.29, 1.82) is 0 Å². The van der Waals surface area contributed by atoms with E-state index in [9.17, 15) is 14.3 Å². The quantitative estimate of drug-likeness (QED) is 0.904. The van der Waals surface area contributed by atoms with Gasteiger partial charge in [0.15, 0.2) is 0 Å². The van der Waals surface area contributed by atoms with Crippen LogP contribution in [0.1, 0.15) is 28.1 Å². The van der Waals surface area contributed by atoms with Crippen LogP contribution in [0.4, 0.5) is 4.39 Å². The second-order valence-corrected chi connectivity index (χ2v) is 6.59. The van der Waals surface area contributed by atoms with Crippen molar-refractivity contribution in [2.75, 3.05) is 13.2 Å². The Kier molecular flexibility index (Phi) is 4.58. The van der Waals surface area contributed by atoms with Crippen LogP contribution in [0.3, 0.4) is 0 Å². The van der Waals surface area contributed by atoms with E-state index in [-0.39, 0.29) is 11.7 Å². The van der Waals surface area contributed by atoms with Gasteiger partial charge < -0.3 is 14.6 Å². The third-order valence-corrected chi connectivity index (χ3v) is 4.53. The molecule has 1 fully saturated rings. The number of aromatic nitrogens is 1. The average molecular weight is 337 g/mol. The number of aryl methyl sites for hydroxylation is 1. The predicted octanol–water partition coefficient (Wildman–Crippen LogP) is 3.51. The first kappa shape index (κ1) is 15.9. The van der Waals surface area contributed by atoms with Gasteiger partial charge in [-0.1, -0.05) is 0 Å². The Morgan fingerprint density at radius 2 is 2.39 bits per heavy atom. The van der Waals surface area contributed by atoms with Crippen LogP contribution >= 0.6 is 11.3 Å². The molecular weight excluding hydrogens is 321 g/mol. The van der Waals surface area contributed by atoms with Gasteiger partial charge in [0.2, 0.25) is 0 Å². The molecule has 1 saturated heterocycles. The summed E-state index contributed by atoms with van der Waals surface area (Å²) in [6, 6.07) is 2.70. The fourth-order valence-electron chi connectivity index (χ4n) is 2.44. The molecule has 1 aromatic carbocycles. The Hall–Kier alpha value is -1.99. The predicted molar refractivity (Wildman–Crippen MR) is 83.7 cm³/mol. The van der Waals surface area contributed by atoms with Gasteiger partial charge in [-0.2, -0.15) is 0 Å². The number of carbonyl (C=O) groups is 1. The summed E-state index contributed by atoms with van der Waals surface area (Å²) in [5.41, 5.74) is -0.275. The molecule has 5 nitrogen and oxygen atoms in total. The van der Waals surface area contributed by atoms with Gasteiger partial charge in [-0.05, 0) is 31.9 Å².